The van der Waals surface area contributed by atoms with E-state index in [4.69, 9.17) is 10.5 Å². The van der Waals surface area contributed by atoms with Gasteiger partial charge in [0.15, 0.2) is 5.82 Å². The van der Waals surface area contributed by atoms with Crippen molar-refractivity contribution in [2.45, 2.75) is 31.7 Å². The van der Waals surface area contributed by atoms with Crippen LogP contribution in [0.4, 0.5) is 34.0 Å². The van der Waals surface area contributed by atoms with Gasteiger partial charge in [0.05, 0.1) is 17.9 Å². The predicted molar refractivity (Wildman–Crippen MR) is 136 cm³/mol. The third kappa shape index (κ3) is 5.32. The minimum atomic E-state index is -5.32. The first-order valence-corrected chi connectivity index (χ1v) is 13.2. The number of amides is 1. The van der Waals surface area contributed by atoms with Crippen molar-refractivity contribution in [3.8, 4) is 22.5 Å². The lowest BCUT2D eigenvalue weighted by Gasteiger charge is -2.23. The molecule has 0 aliphatic heterocycles. The van der Waals surface area contributed by atoms with Crippen molar-refractivity contribution >= 4 is 27.8 Å². The summed E-state index contributed by atoms with van der Waals surface area (Å²) in [5, 5.41) is 4.21. The second-order valence-corrected chi connectivity index (χ2v) is 10.0. The molecule has 0 atom stereocenters. The molecule has 2 aromatic carbocycles. The van der Waals surface area contributed by atoms with Crippen molar-refractivity contribution in [3.05, 3.63) is 72.1 Å². The summed E-state index contributed by atoms with van der Waals surface area (Å²) in [5.74, 6) is -5.39. The molecule has 0 aliphatic carbocycles. The molecule has 0 radical (unpaired) electrons. The predicted octanol–water partition coefficient (Wildman–Crippen LogP) is 4.91. The van der Waals surface area contributed by atoms with E-state index in [0.717, 1.165) is 0 Å². The lowest BCUT2D eigenvalue weighted by Crippen LogP contribution is -2.39. The zero-order chi connectivity index (χ0) is 29.2. The normalized spacial score (nSPS) is 11.4. The quantitative estimate of drug-likeness (QED) is 0.292. The van der Waals surface area contributed by atoms with Gasteiger partial charge in [-0.3, -0.25) is 4.68 Å². The molecule has 4 rings (SSSR count). The van der Waals surface area contributed by atoms with Crippen LogP contribution in [0.3, 0.4) is 0 Å². The number of rotatable bonds is 8. The minimum absolute atomic E-state index is 0.116. The Hall–Kier alpha value is -4.53. The van der Waals surface area contributed by atoms with Crippen molar-refractivity contribution in [1.82, 2.24) is 19.7 Å². The lowest BCUT2D eigenvalue weighted by molar-refractivity contribution is 0.157. The average molecular weight is 579 g/mol. The Kier molecular flexibility index (Phi) is 8.04. The van der Waals surface area contributed by atoms with Crippen LogP contribution >= 0.6 is 0 Å². The second-order valence-electron chi connectivity index (χ2n) is 8.26. The zero-order valence-corrected chi connectivity index (χ0v) is 21.9. The number of carbonyl (C=O) groups is 1. The van der Waals surface area contributed by atoms with Gasteiger partial charge in [0.2, 0.25) is 5.95 Å². The number of carbonyl (C=O) groups excluding carboxylic acids is 1. The molecule has 0 spiro atoms. The number of aryl methyl sites for hydroxylation is 1. The first kappa shape index (κ1) is 28.5. The fraction of sp³-hybridized carbons (Fsp3) is 0.200. The van der Waals surface area contributed by atoms with Gasteiger partial charge in [-0.1, -0.05) is 6.92 Å². The molecule has 0 saturated heterocycles. The van der Waals surface area contributed by atoms with Gasteiger partial charge in [-0.05, 0) is 49.7 Å². The number of aromatic nitrogens is 4. The molecule has 0 unspecified atom stereocenters. The van der Waals surface area contributed by atoms with Crippen molar-refractivity contribution in [2.24, 2.45) is 0 Å². The number of hydrogen-bond acceptors (Lipinski definition) is 8. The van der Waals surface area contributed by atoms with E-state index in [-0.39, 0.29) is 46.8 Å². The smallest absolute Gasteiger partial charge is 0.428 e. The van der Waals surface area contributed by atoms with Gasteiger partial charge in [0, 0.05) is 24.5 Å². The summed E-state index contributed by atoms with van der Waals surface area (Å²) in [4.78, 5) is 19.6. The topological polar surface area (TPSA) is 133 Å². The van der Waals surface area contributed by atoms with Gasteiger partial charge < -0.3 is 10.5 Å². The van der Waals surface area contributed by atoms with Gasteiger partial charge in [0.25, 0.3) is 10.0 Å². The van der Waals surface area contributed by atoms with Gasteiger partial charge >= 0.3 is 6.09 Å². The second kappa shape index (κ2) is 11.3. The first-order valence-electron chi connectivity index (χ1n) is 11.8. The van der Waals surface area contributed by atoms with Crippen LogP contribution in [-0.2, 0) is 21.3 Å². The summed E-state index contributed by atoms with van der Waals surface area (Å²) in [6.07, 6.45) is 1.39. The molecule has 0 aliphatic rings. The van der Waals surface area contributed by atoms with Crippen LogP contribution in [0.5, 0.6) is 0 Å². The molecular formula is C25H22F4N6O4S. The Morgan fingerprint density at radius 3 is 2.48 bits per heavy atom. The molecule has 15 heteroatoms. The van der Waals surface area contributed by atoms with Crippen LogP contribution in [0.15, 0.2) is 53.7 Å². The number of halogens is 4. The average Bonchev–Trinajstić information content (AvgIpc) is 3.34. The van der Waals surface area contributed by atoms with E-state index < -0.39 is 55.5 Å². The van der Waals surface area contributed by atoms with Crippen molar-refractivity contribution in [1.29, 1.82) is 0 Å². The maximum atomic E-state index is 16.2. The molecule has 0 bridgehead atoms. The highest BCUT2D eigenvalue weighted by Gasteiger charge is 2.38. The SMILES string of the molecule is CCCOC(=O)N(c1ccc(F)c(-c2nn(CC)cc2-c2ccnc(N)n2)c1F)S(=O)(=O)c1cc(F)ccc1F. The van der Waals surface area contributed by atoms with Crippen LogP contribution < -0.4 is 10.0 Å². The third-order valence-corrected chi connectivity index (χ3v) is 7.26. The van der Waals surface area contributed by atoms with Gasteiger partial charge in [-0.15, -0.1) is 0 Å². The summed E-state index contributed by atoms with van der Waals surface area (Å²) in [5.41, 5.74) is 3.80. The lowest BCUT2D eigenvalue weighted by atomic mass is 10.0. The Bertz CT molecular complexity index is 1700. The molecule has 4 aromatic rings. The highest BCUT2D eigenvalue weighted by Crippen LogP contribution is 2.39. The van der Waals surface area contributed by atoms with Crippen LogP contribution in [0.25, 0.3) is 22.5 Å². The van der Waals surface area contributed by atoms with Gasteiger partial charge in [-0.25, -0.2) is 40.7 Å². The number of nitrogens with two attached hydrogens (primary N) is 1. The number of benzene rings is 2. The Balaban J connectivity index is 1.98. The monoisotopic (exact) mass is 578 g/mol. The summed E-state index contributed by atoms with van der Waals surface area (Å²) in [7, 11) is -5.32. The highest BCUT2D eigenvalue weighted by atomic mass is 32.2. The number of hydrogen-bond donors (Lipinski definition) is 1. The fourth-order valence-electron chi connectivity index (χ4n) is 3.74. The molecule has 2 aromatic heterocycles. The molecular weight excluding hydrogens is 556 g/mol. The molecule has 40 heavy (non-hydrogen) atoms. The Morgan fingerprint density at radius 1 is 1.07 bits per heavy atom. The maximum Gasteiger partial charge on any atom is 0.428 e. The van der Waals surface area contributed by atoms with Crippen LogP contribution in [0.2, 0.25) is 0 Å². The first-order chi connectivity index (χ1) is 19.0. The molecule has 210 valence electrons. The minimum Gasteiger partial charge on any atom is -0.448 e. The molecule has 2 heterocycles. The van der Waals surface area contributed by atoms with Crippen molar-refractivity contribution < 1.29 is 35.5 Å². The molecule has 0 fully saturated rings. The molecule has 0 saturated carbocycles. The van der Waals surface area contributed by atoms with E-state index >= 15 is 8.78 Å². The number of nitrogen functional groups attached to an aromatic ring is 1. The summed E-state index contributed by atoms with van der Waals surface area (Å²) in [6.45, 7) is 3.32. The fourth-order valence-corrected chi connectivity index (χ4v) is 5.16. The number of ether oxygens (including phenoxy) is 1. The van der Waals surface area contributed by atoms with E-state index in [0.29, 0.717) is 30.3 Å². The van der Waals surface area contributed by atoms with Gasteiger partial charge in [-0.2, -0.15) is 9.40 Å². The summed E-state index contributed by atoms with van der Waals surface area (Å²) >= 11 is 0. The number of nitrogens with zero attached hydrogens (tertiary/aromatic N) is 5. The molecule has 2 N–H and O–H groups in total. The van der Waals surface area contributed by atoms with E-state index in [1.165, 1.54) is 23.1 Å². The summed E-state index contributed by atoms with van der Waals surface area (Å²) < 4.78 is 93.0. The van der Waals surface area contributed by atoms with Crippen LogP contribution in [0.1, 0.15) is 20.3 Å². The molecule has 10 nitrogen and oxygen atoms in total. The standard InChI is InChI=1S/C25H22F4N6O4S/c1-3-11-39-25(36)35(40(37,38)20-12-14(26)5-6-16(20)27)19-8-7-17(28)21(22(19)29)23-15(13-34(4-2)33-23)18-9-10-31-24(30)32-18/h5-10,12-13H,3-4,11H2,1-2H3,(H2,30,31,32). The molecule has 1 amide bonds. The van der Waals surface area contributed by atoms with Gasteiger partial charge in [0.1, 0.15) is 33.7 Å². The van der Waals surface area contributed by atoms with E-state index in [1.54, 1.807) is 13.8 Å². The van der Waals surface area contributed by atoms with E-state index in [2.05, 4.69) is 15.1 Å². The Labute approximate surface area is 226 Å². The zero-order valence-electron chi connectivity index (χ0n) is 21.1. The Morgan fingerprint density at radius 2 is 1.80 bits per heavy atom. The van der Waals surface area contributed by atoms with E-state index in [9.17, 15) is 22.0 Å². The van der Waals surface area contributed by atoms with Crippen molar-refractivity contribution in [3.63, 3.8) is 0 Å². The van der Waals surface area contributed by atoms with Crippen LogP contribution in [0, 0.1) is 23.3 Å². The van der Waals surface area contributed by atoms with Crippen molar-refractivity contribution in [2.75, 3.05) is 16.6 Å². The third-order valence-electron chi connectivity index (χ3n) is 5.57. The highest BCUT2D eigenvalue weighted by molar-refractivity contribution is 7.93. The number of sulfonamides is 1. The largest absolute Gasteiger partial charge is 0.448 e. The number of anilines is 2. The summed E-state index contributed by atoms with van der Waals surface area (Å²) in [6, 6.07) is 4.30. The maximum absolute atomic E-state index is 16.2. The van der Waals surface area contributed by atoms with E-state index in [1.807, 2.05) is 0 Å². The van der Waals surface area contributed by atoms with Crippen LogP contribution in [-0.4, -0.2) is 40.9 Å².